The molecule has 2 aromatic carbocycles. The summed E-state index contributed by atoms with van der Waals surface area (Å²) in [6, 6.07) is 17.0. The van der Waals surface area contributed by atoms with Gasteiger partial charge in [-0.25, -0.2) is 4.79 Å². The van der Waals surface area contributed by atoms with Gasteiger partial charge >= 0.3 is 5.97 Å². The van der Waals surface area contributed by atoms with Crippen LogP contribution in [0, 0.1) is 5.92 Å². The van der Waals surface area contributed by atoms with Crippen molar-refractivity contribution in [1.82, 2.24) is 0 Å². The average Bonchev–Trinajstić information content (AvgIpc) is 2.68. The SMILES string of the molecule is COc1ccc(C(=C=CC(C)C)CCCOC(=O)c2ccccc2)cc1. The number of allylic oxidation sites excluding steroid dienone is 1. The lowest BCUT2D eigenvalue weighted by molar-refractivity contribution is 0.0502. The van der Waals surface area contributed by atoms with E-state index < -0.39 is 0 Å². The Kier molecular flexibility index (Phi) is 7.73. The van der Waals surface area contributed by atoms with Crippen LogP contribution in [0.3, 0.4) is 0 Å². The third-order valence-corrected chi connectivity index (χ3v) is 3.84. The van der Waals surface area contributed by atoms with Gasteiger partial charge < -0.3 is 9.47 Å². The lowest BCUT2D eigenvalue weighted by atomic mass is 10.0. The predicted octanol–water partition coefficient (Wildman–Crippen LogP) is 5.53. The second-order valence-electron chi connectivity index (χ2n) is 6.37. The van der Waals surface area contributed by atoms with Crippen LogP contribution in [0.4, 0.5) is 0 Å². The normalized spacial score (nSPS) is 10.2. The number of carbonyl (C=O) groups excluding carboxylic acids is 1. The van der Waals surface area contributed by atoms with Crippen LogP contribution in [0.1, 0.15) is 42.6 Å². The third kappa shape index (κ3) is 6.27. The standard InChI is InChI=1S/C23H26O3/c1-18(2)11-12-19(20-13-15-22(25-3)16-14-20)10-7-17-26-23(24)21-8-5-4-6-9-21/h4-6,8-9,11,13-16,18H,7,10,17H2,1-3H3. The zero-order valence-electron chi connectivity index (χ0n) is 15.7. The Hall–Kier alpha value is -2.77. The maximum atomic E-state index is 12.0. The first kappa shape index (κ1) is 19.6. The van der Waals surface area contributed by atoms with Gasteiger partial charge in [0.15, 0.2) is 0 Å². The van der Waals surface area contributed by atoms with Gasteiger partial charge in [-0.05, 0) is 54.7 Å². The molecule has 0 bridgehead atoms. The summed E-state index contributed by atoms with van der Waals surface area (Å²) in [6.07, 6.45) is 3.60. The van der Waals surface area contributed by atoms with Crippen molar-refractivity contribution in [3.63, 3.8) is 0 Å². The summed E-state index contributed by atoms with van der Waals surface area (Å²) in [5.41, 5.74) is 6.20. The molecule has 0 aromatic heterocycles. The highest BCUT2D eigenvalue weighted by atomic mass is 16.5. The van der Waals surface area contributed by atoms with Gasteiger partial charge in [-0.1, -0.05) is 44.2 Å². The van der Waals surface area contributed by atoms with Gasteiger partial charge in [-0.2, -0.15) is 0 Å². The van der Waals surface area contributed by atoms with E-state index in [-0.39, 0.29) is 5.97 Å². The summed E-state index contributed by atoms with van der Waals surface area (Å²) in [7, 11) is 1.66. The van der Waals surface area contributed by atoms with Crippen LogP contribution >= 0.6 is 0 Å². The number of methoxy groups -OCH3 is 1. The number of rotatable bonds is 8. The fraction of sp³-hybridized carbons (Fsp3) is 0.304. The number of carbonyl (C=O) groups is 1. The smallest absolute Gasteiger partial charge is 0.338 e. The molecular formula is C23H26O3. The predicted molar refractivity (Wildman–Crippen MR) is 105 cm³/mol. The van der Waals surface area contributed by atoms with Crippen LogP contribution in [-0.2, 0) is 4.74 Å². The highest BCUT2D eigenvalue weighted by Crippen LogP contribution is 2.22. The van der Waals surface area contributed by atoms with E-state index in [1.807, 2.05) is 42.5 Å². The Morgan fingerprint density at radius 1 is 1.04 bits per heavy atom. The van der Waals surface area contributed by atoms with E-state index in [9.17, 15) is 4.79 Å². The van der Waals surface area contributed by atoms with Gasteiger partial charge in [0.2, 0.25) is 0 Å². The van der Waals surface area contributed by atoms with Gasteiger partial charge in [0, 0.05) is 5.57 Å². The Labute approximate surface area is 156 Å². The summed E-state index contributed by atoms with van der Waals surface area (Å²) in [4.78, 5) is 12.0. The average molecular weight is 350 g/mol. The lowest BCUT2D eigenvalue weighted by Gasteiger charge is -2.08. The maximum absolute atomic E-state index is 12.0. The van der Waals surface area contributed by atoms with Crippen LogP contribution in [0.5, 0.6) is 5.75 Å². The Morgan fingerprint density at radius 2 is 1.73 bits per heavy atom. The number of ether oxygens (including phenoxy) is 2. The fourth-order valence-corrected chi connectivity index (χ4v) is 2.43. The molecule has 0 unspecified atom stereocenters. The molecule has 3 heteroatoms. The minimum absolute atomic E-state index is 0.279. The van der Waals surface area contributed by atoms with Gasteiger partial charge in [-0.15, -0.1) is 5.73 Å². The van der Waals surface area contributed by atoms with E-state index in [0.29, 0.717) is 18.1 Å². The lowest BCUT2D eigenvalue weighted by Crippen LogP contribution is -2.06. The van der Waals surface area contributed by atoms with Crippen LogP contribution in [-0.4, -0.2) is 19.7 Å². The Balaban J connectivity index is 1.97. The van der Waals surface area contributed by atoms with Crippen LogP contribution in [0.25, 0.3) is 5.57 Å². The second-order valence-corrected chi connectivity index (χ2v) is 6.37. The van der Waals surface area contributed by atoms with Crippen molar-refractivity contribution in [2.75, 3.05) is 13.7 Å². The van der Waals surface area contributed by atoms with E-state index in [4.69, 9.17) is 9.47 Å². The molecule has 0 spiro atoms. The molecule has 2 aromatic rings. The molecule has 0 amide bonds. The summed E-state index contributed by atoms with van der Waals surface area (Å²) in [5, 5.41) is 0. The molecule has 0 radical (unpaired) electrons. The van der Waals surface area contributed by atoms with Crippen molar-refractivity contribution in [3.05, 3.63) is 77.5 Å². The quantitative estimate of drug-likeness (QED) is 0.357. The van der Waals surface area contributed by atoms with Crippen molar-refractivity contribution in [1.29, 1.82) is 0 Å². The maximum Gasteiger partial charge on any atom is 0.338 e. The third-order valence-electron chi connectivity index (χ3n) is 3.84. The van der Waals surface area contributed by atoms with E-state index in [1.54, 1.807) is 19.2 Å². The molecule has 0 aliphatic rings. The van der Waals surface area contributed by atoms with E-state index >= 15 is 0 Å². The molecule has 26 heavy (non-hydrogen) atoms. The number of hydrogen-bond acceptors (Lipinski definition) is 3. The van der Waals surface area contributed by atoms with E-state index in [0.717, 1.165) is 29.7 Å². The van der Waals surface area contributed by atoms with Gasteiger partial charge in [0.1, 0.15) is 5.75 Å². The molecule has 0 aliphatic carbocycles. The van der Waals surface area contributed by atoms with Gasteiger partial charge in [-0.3, -0.25) is 0 Å². The second kappa shape index (κ2) is 10.3. The molecule has 136 valence electrons. The van der Waals surface area contributed by atoms with Crippen molar-refractivity contribution >= 4 is 11.5 Å². The van der Waals surface area contributed by atoms with Crippen LogP contribution < -0.4 is 4.74 Å². The molecular weight excluding hydrogens is 324 g/mol. The molecule has 0 heterocycles. The first-order valence-corrected chi connectivity index (χ1v) is 8.92. The molecule has 3 nitrogen and oxygen atoms in total. The zero-order chi connectivity index (χ0) is 18.8. The minimum Gasteiger partial charge on any atom is -0.497 e. The molecule has 0 atom stereocenters. The van der Waals surface area contributed by atoms with Crippen molar-refractivity contribution in [2.45, 2.75) is 26.7 Å². The minimum atomic E-state index is -0.279. The number of esters is 1. The number of benzene rings is 2. The highest BCUT2D eigenvalue weighted by molar-refractivity contribution is 5.89. The highest BCUT2D eigenvalue weighted by Gasteiger charge is 2.07. The van der Waals surface area contributed by atoms with E-state index in [2.05, 4.69) is 25.7 Å². The molecule has 0 aliphatic heterocycles. The van der Waals surface area contributed by atoms with Crippen LogP contribution in [0.2, 0.25) is 0 Å². The van der Waals surface area contributed by atoms with Crippen LogP contribution in [0.15, 0.2) is 66.4 Å². The molecule has 2 rings (SSSR count). The number of hydrogen-bond donors (Lipinski definition) is 0. The summed E-state index contributed by atoms with van der Waals surface area (Å²) in [6.45, 7) is 4.64. The topological polar surface area (TPSA) is 35.5 Å². The first-order chi connectivity index (χ1) is 12.6. The summed E-state index contributed by atoms with van der Waals surface area (Å²) in [5.74, 6) is 0.982. The van der Waals surface area contributed by atoms with Crippen molar-refractivity contribution < 1.29 is 14.3 Å². The molecule has 0 saturated heterocycles. The van der Waals surface area contributed by atoms with E-state index in [1.165, 1.54) is 0 Å². The Bertz CT molecular complexity index is 752. The van der Waals surface area contributed by atoms with Crippen molar-refractivity contribution in [2.24, 2.45) is 5.92 Å². The molecule has 0 saturated carbocycles. The fourth-order valence-electron chi connectivity index (χ4n) is 2.43. The zero-order valence-corrected chi connectivity index (χ0v) is 15.7. The van der Waals surface area contributed by atoms with Crippen molar-refractivity contribution in [3.8, 4) is 5.75 Å². The molecule has 0 fully saturated rings. The summed E-state index contributed by atoms with van der Waals surface area (Å²) >= 11 is 0. The Morgan fingerprint density at radius 3 is 2.35 bits per heavy atom. The first-order valence-electron chi connectivity index (χ1n) is 8.92. The molecule has 0 N–H and O–H groups in total. The summed E-state index contributed by atoms with van der Waals surface area (Å²) < 4.78 is 10.6. The largest absolute Gasteiger partial charge is 0.497 e. The monoisotopic (exact) mass is 350 g/mol. The van der Waals surface area contributed by atoms with Gasteiger partial charge in [0.25, 0.3) is 0 Å². The van der Waals surface area contributed by atoms with Gasteiger partial charge in [0.05, 0.1) is 19.3 Å².